The third-order valence-corrected chi connectivity index (χ3v) is 7.06. The first-order chi connectivity index (χ1) is 11.8. The van der Waals surface area contributed by atoms with E-state index in [-0.39, 0.29) is 35.2 Å². The average molecular weight is 404 g/mol. The smallest absolute Gasteiger partial charge is 0.243 e. The van der Waals surface area contributed by atoms with Gasteiger partial charge in [0.25, 0.3) is 0 Å². The van der Waals surface area contributed by atoms with Gasteiger partial charge in [0.2, 0.25) is 15.9 Å². The molecule has 6 nitrogen and oxygen atoms in total. The van der Waals surface area contributed by atoms with Crippen LogP contribution in [0.1, 0.15) is 45.1 Å². The molecule has 1 aliphatic carbocycles. The van der Waals surface area contributed by atoms with Gasteiger partial charge in [0.1, 0.15) is 0 Å². The Morgan fingerprint density at radius 1 is 1.27 bits per heavy atom. The molecule has 0 spiro atoms. The maximum Gasteiger partial charge on any atom is 0.243 e. The molecule has 0 heterocycles. The number of nitrogens with two attached hydrogens (primary N) is 1. The Morgan fingerprint density at radius 2 is 1.92 bits per heavy atom. The number of carbonyl (C=O) groups excluding carboxylic acids is 1. The number of hydrogen-bond acceptors (Lipinski definition) is 4. The summed E-state index contributed by atoms with van der Waals surface area (Å²) < 4.78 is 27.0. The van der Waals surface area contributed by atoms with Gasteiger partial charge in [0.15, 0.2) is 0 Å². The fourth-order valence-corrected chi connectivity index (χ4v) is 5.08. The molecule has 8 heteroatoms. The highest BCUT2D eigenvalue weighted by Gasteiger charge is 2.27. The molecule has 26 heavy (non-hydrogen) atoms. The van der Waals surface area contributed by atoms with Crippen LogP contribution in [0.3, 0.4) is 0 Å². The van der Waals surface area contributed by atoms with Crippen molar-refractivity contribution in [2.75, 3.05) is 18.4 Å². The van der Waals surface area contributed by atoms with Crippen LogP contribution in [0.25, 0.3) is 0 Å². The van der Waals surface area contributed by atoms with Gasteiger partial charge >= 0.3 is 0 Å². The van der Waals surface area contributed by atoms with Crippen molar-refractivity contribution in [2.45, 2.75) is 57.4 Å². The number of amides is 1. The topological polar surface area (TPSA) is 92.5 Å². The molecule has 0 bridgehead atoms. The third-order valence-electron chi connectivity index (χ3n) is 4.86. The maximum absolute atomic E-state index is 12.8. The predicted molar refractivity (Wildman–Crippen MR) is 107 cm³/mol. The van der Waals surface area contributed by atoms with Crippen LogP contribution >= 0.6 is 12.4 Å². The van der Waals surface area contributed by atoms with E-state index in [4.69, 9.17) is 5.73 Å². The molecule has 1 amide bonds. The summed E-state index contributed by atoms with van der Waals surface area (Å²) in [6.07, 6.45) is 3.42. The molecule has 1 saturated carbocycles. The Labute approximate surface area is 163 Å². The minimum Gasteiger partial charge on any atom is -0.328 e. The van der Waals surface area contributed by atoms with E-state index in [1.807, 2.05) is 13.8 Å². The molecule has 1 aromatic carbocycles. The quantitative estimate of drug-likeness (QED) is 0.763. The minimum absolute atomic E-state index is 0. The van der Waals surface area contributed by atoms with Gasteiger partial charge < -0.3 is 11.1 Å². The van der Waals surface area contributed by atoms with Crippen LogP contribution in [-0.4, -0.2) is 37.8 Å². The summed E-state index contributed by atoms with van der Waals surface area (Å²) >= 11 is 0. The second-order valence-electron chi connectivity index (χ2n) is 6.68. The molecule has 1 fully saturated rings. The molecule has 0 aliphatic heterocycles. The lowest BCUT2D eigenvalue weighted by Crippen LogP contribution is -2.34. The lowest BCUT2D eigenvalue weighted by atomic mass is 9.85. The minimum atomic E-state index is -3.56. The van der Waals surface area contributed by atoms with Crippen molar-refractivity contribution in [3.05, 3.63) is 23.8 Å². The summed E-state index contributed by atoms with van der Waals surface area (Å²) in [5, 5.41) is 2.87. The SMILES string of the molecule is CCN(CC)S(=O)(=O)c1cc(NC(=O)C2CCCC(N)C2)ccc1C.Cl. The van der Waals surface area contributed by atoms with Crippen molar-refractivity contribution in [1.82, 2.24) is 4.31 Å². The number of hydrogen-bond donors (Lipinski definition) is 2. The molecule has 2 atom stereocenters. The lowest BCUT2D eigenvalue weighted by Gasteiger charge is -2.26. The van der Waals surface area contributed by atoms with Gasteiger partial charge in [-0.1, -0.05) is 26.3 Å². The summed E-state index contributed by atoms with van der Waals surface area (Å²) in [4.78, 5) is 12.7. The first-order valence-corrected chi connectivity index (χ1v) is 10.4. The number of halogens is 1. The van der Waals surface area contributed by atoms with E-state index in [1.165, 1.54) is 4.31 Å². The Kier molecular flexibility index (Phi) is 8.53. The van der Waals surface area contributed by atoms with Gasteiger partial charge in [-0.05, 0) is 43.9 Å². The molecule has 0 radical (unpaired) electrons. The number of benzene rings is 1. The van der Waals surface area contributed by atoms with Crippen LogP contribution in [0.5, 0.6) is 0 Å². The summed E-state index contributed by atoms with van der Waals surface area (Å²) in [6.45, 7) is 6.22. The Morgan fingerprint density at radius 3 is 2.50 bits per heavy atom. The van der Waals surface area contributed by atoms with E-state index in [1.54, 1.807) is 25.1 Å². The molecule has 1 aliphatic rings. The van der Waals surface area contributed by atoms with Crippen LogP contribution in [-0.2, 0) is 14.8 Å². The van der Waals surface area contributed by atoms with E-state index in [0.717, 1.165) is 19.3 Å². The molecule has 0 saturated heterocycles. The van der Waals surface area contributed by atoms with Crippen LogP contribution in [0, 0.1) is 12.8 Å². The van der Waals surface area contributed by atoms with Crippen molar-refractivity contribution in [2.24, 2.45) is 11.7 Å². The van der Waals surface area contributed by atoms with Crippen molar-refractivity contribution >= 4 is 34.0 Å². The molecule has 0 aromatic heterocycles. The molecular formula is C18H30ClN3O3S. The fourth-order valence-electron chi connectivity index (χ4n) is 3.37. The van der Waals surface area contributed by atoms with E-state index >= 15 is 0 Å². The number of rotatable bonds is 6. The highest BCUT2D eigenvalue weighted by atomic mass is 35.5. The van der Waals surface area contributed by atoms with Gasteiger partial charge in [-0.3, -0.25) is 4.79 Å². The van der Waals surface area contributed by atoms with Gasteiger partial charge in [0.05, 0.1) is 4.90 Å². The monoisotopic (exact) mass is 403 g/mol. The largest absolute Gasteiger partial charge is 0.328 e. The predicted octanol–water partition coefficient (Wildman–Crippen LogP) is 2.90. The van der Waals surface area contributed by atoms with Crippen molar-refractivity contribution in [3.63, 3.8) is 0 Å². The summed E-state index contributed by atoms with van der Waals surface area (Å²) in [7, 11) is -3.56. The lowest BCUT2D eigenvalue weighted by molar-refractivity contribution is -0.120. The molecule has 3 N–H and O–H groups in total. The van der Waals surface area contributed by atoms with E-state index < -0.39 is 10.0 Å². The Hall–Kier alpha value is -1.15. The zero-order valence-electron chi connectivity index (χ0n) is 15.7. The van der Waals surface area contributed by atoms with Gasteiger partial charge in [-0.25, -0.2) is 8.42 Å². The number of carbonyl (C=O) groups is 1. The second-order valence-corrected chi connectivity index (χ2v) is 8.59. The van der Waals surface area contributed by atoms with Crippen LogP contribution < -0.4 is 11.1 Å². The fraction of sp³-hybridized carbons (Fsp3) is 0.611. The van der Waals surface area contributed by atoms with Crippen molar-refractivity contribution in [3.8, 4) is 0 Å². The number of aryl methyl sites for hydroxylation is 1. The normalized spacial score (nSPS) is 20.5. The molecule has 1 aromatic rings. The molecule has 148 valence electrons. The summed E-state index contributed by atoms with van der Waals surface area (Å²) in [6, 6.07) is 5.11. The highest BCUT2D eigenvalue weighted by Crippen LogP contribution is 2.27. The van der Waals surface area contributed by atoms with Gasteiger partial charge in [-0.2, -0.15) is 4.31 Å². The number of sulfonamides is 1. The molecular weight excluding hydrogens is 374 g/mol. The Bertz CT molecular complexity index is 720. The molecule has 2 unspecified atom stereocenters. The number of nitrogens with one attached hydrogen (secondary N) is 1. The molecule has 2 rings (SSSR count). The third kappa shape index (κ3) is 5.19. The summed E-state index contributed by atoms with van der Waals surface area (Å²) in [5.74, 6) is -0.182. The van der Waals surface area contributed by atoms with Gasteiger partial charge in [-0.15, -0.1) is 12.4 Å². The van der Waals surface area contributed by atoms with Crippen molar-refractivity contribution < 1.29 is 13.2 Å². The zero-order chi connectivity index (χ0) is 18.6. The van der Waals surface area contributed by atoms with Crippen LogP contribution in [0.15, 0.2) is 23.1 Å². The Balaban J connectivity index is 0.00000338. The van der Waals surface area contributed by atoms with Crippen molar-refractivity contribution in [1.29, 1.82) is 0 Å². The van der Waals surface area contributed by atoms with E-state index in [0.29, 0.717) is 30.8 Å². The summed E-state index contributed by atoms with van der Waals surface area (Å²) in [5.41, 5.74) is 7.14. The van der Waals surface area contributed by atoms with Gasteiger partial charge in [0, 0.05) is 30.7 Å². The standard InChI is InChI=1S/C18H29N3O3S.ClH/c1-4-21(5-2)25(23,24)17-12-16(10-9-13(17)3)20-18(22)14-7-6-8-15(19)11-14;/h9-10,12,14-15H,4-8,11,19H2,1-3H3,(H,20,22);1H. The van der Waals surface area contributed by atoms with Crippen LogP contribution in [0.4, 0.5) is 5.69 Å². The maximum atomic E-state index is 12.8. The number of nitrogens with zero attached hydrogens (tertiary/aromatic N) is 1. The average Bonchev–Trinajstić information content (AvgIpc) is 2.57. The second kappa shape index (κ2) is 9.69. The van der Waals surface area contributed by atoms with E-state index in [2.05, 4.69) is 5.32 Å². The first kappa shape index (κ1) is 22.9. The van der Waals surface area contributed by atoms with E-state index in [9.17, 15) is 13.2 Å². The zero-order valence-corrected chi connectivity index (χ0v) is 17.3. The highest BCUT2D eigenvalue weighted by molar-refractivity contribution is 7.89. The first-order valence-electron chi connectivity index (χ1n) is 8.96. The number of anilines is 1. The van der Waals surface area contributed by atoms with Crippen LogP contribution in [0.2, 0.25) is 0 Å².